The van der Waals surface area contributed by atoms with Gasteiger partial charge in [-0.05, 0) is 55.1 Å². The van der Waals surface area contributed by atoms with Crippen LogP contribution in [0.2, 0.25) is 5.02 Å². The van der Waals surface area contributed by atoms with Gasteiger partial charge in [0.15, 0.2) is 0 Å². The fourth-order valence-electron chi connectivity index (χ4n) is 3.24. The smallest absolute Gasteiger partial charge is 0.128 e. The number of aromatic nitrogens is 1. The van der Waals surface area contributed by atoms with Gasteiger partial charge >= 0.3 is 0 Å². The Morgan fingerprint density at radius 2 is 1.89 bits per heavy atom. The van der Waals surface area contributed by atoms with Crippen LogP contribution in [0, 0.1) is 5.82 Å². The summed E-state index contributed by atoms with van der Waals surface area (Å²) in [6.45, 7) is 3.52. The predicted octanol–water partition coefficient (Wildman–Crippen LogP) is 6.57. The number of benzene rings is 2. The van der Waals surface area contributed by atoms with Crippen LogP contribution in [-0.2, 0) is 12.0 Å². The Morgan fingerprint density at radius 3 is 2.64 bits per heavy atom. The fourth-order valence-corrected chi connectivity index (χ4v) is 4.66. The molecular weight excluding hydrogens is 393 g/mol. The van der Waals surface area contributed by atoms with Crippen LogP contribution in [0.25, 0.3) is 21.3 Å². The van der Waals surface area contributed by atoms with Crippen LogP contribution < -0.4 is 0 Å². The first-order chi connectivity index (χ1) is 13.3. The Labute approximate surface area is 172 Å². The van der Waals surface area contributed by atoms with Gasteiger partial charge in [0.25, 0.3) is 0 Å². The summed E-state index contributed by atoms with van der Waals surface area (Å²) in [5, 5.41) is 11.8. The summed E-state index contributed by atoms with van der Waals surface area (Å²) in [5.74, 6) is -0.287. The summed E-state index contributed by atoms with van der Waals surface area (Å²) >= 11 is 7.81. The molecule has 142 valence electrons. The molecule has 0 aliphatic heterocycles. The third-order valence-corrected chi connectivity index (χ3v) is 6.29. The van der Waals surface area contributed by atoms with Gasteiger partial charge in [-0.3, -0.25) is 4.98 Å². The van der Waals surface area contributed by atoms with Crippen LogP contribution in [0.4, 0.5) is 4.39 Å². The number of hydrogen-bond donors (Lipinski definition) is 1. The summed E-state index contributed by atoms with van der Waals surface area (Å²) in [4.78, 5) is 5.54. The number of pyridine rings is 1. The van der Waals surface area contributed by atoms with Crippen molar-refractivity contribution in [3.8, 4) is 11.3 Å². The molecule has 2 aromatic carbocycles. The van der Waals surface area contributed by atoms with Gasteiger partial charge in [-0.2, -0.15) is 0 Å². The molecule has 0 atom stereocenters. The van der Waals surface area contributed by atoms with E-state index >= 15 is 0 Å². The maximum atomic E-state index is 14.2. The molecule has 0 aliphatic carbocycles. The maximum absolute atomic E-state index is 14.2. The number of thiophene rings is 1. The molecule has 2 heterocycles. The third kappa shape index (κ3) is 3.68. The zero-order valence-electron chi connectivity index (χ0n) is 15.5. The topological polar surface area (TPSA) is 33.1 Å². The molecule has 0 spiro atoms. The Kier molecular flexibility index (Phi) is 4.96. The van der Waals surface area contributed by atoms with Crippen LogP contribution in [-0.4, -0.2) is 10.1 Å². The van der Waals surface area contributed by atoms with Crippen molar-refractivity contribution in [1.82, 2.24) is 4.98 Å². The molecule has 5 heteroatoms. The first kappa shape index (κ1) is 19.1. The van der Waals surface area contributed by atoms with E-state index in [1.807, 2.05) is 30.3 Å². The van der Waals surface area contributed by atoms with Crippen molar-refractivity contribution < 1.29 is 9.50 Å². The second-order valence-electron chi connectivity index (χ2n) is 7.30. The number of nitrogens with zero attached hydrogens (tertiary/aromatic N) is 1. The molecule has 1 N–H and O–H groups in total. The maximum Gasteiger partial charge on any atom is 0.128 e. The van der Waals surface area contributed by atoms with Crippen molar-refractivity contribution in [1.29, 1.82) is 0 Å². The van der Waals surface area contributed by atoms with E-state index < -0.39 is 5.60 Å². The van der Waals surface area contributed by atoms with E-state index in [1.165, 1.54) is 6.07 Å². The van der Waals surface area contributed by atoms with Gasteiger partial charge in [-0.15, -0.1) is 11.3 Å². The van der Waals surface area contributed by atoms with E-state index in [4.69, 9.17) is 11.6 Å². The molecule has 2 aromatic heterocycles. The molecule has 0 fully saturated rings. The Hall–Kier alpha value is -2.27. The Morgan fingerprint density at radius 1 is 1.11 bits per heavy atom. The molecule has 2 nitrogen and oxygen atoms in total. The minimum absolute atomic E-state index is 0.287. The van der Waals surface area contributed by atoms with Crippen molar-refractivity contribution in [3.05, 3.63) is 87.6 Å². The second kappa shape index (κ2) is 7.28. The first-order valence-electron chi connectivity index (χ1n) is 8.96. The van der Waals surface area contributed by atoms with Gasteiger partial charge in [-0.1, -0.05) is 35.9 Å². The molecular formula is C23H19ClFNOS. The molecule has 0 aliphatic rings. The van der Waals surface area contributed by atoms with Crippen LogP contribution in [0.5, 0.6) is 0 Å². The molecule has 28 heavy (non-hydrogen) atoms. The average molecular weight is 412 g/mol. The molecule has 0 saturated heterocycles. The summed E-state index contributed by atoms with van der Waals surface area (Å²) in [7, 11) is 0. The second-order valence-corrected chi connectivity index (χ2v) is 8.85. The van der Waals surface area contributed by atoms with Gasteiger partial charge in [0, 0.05) is 38.3 Å². The number of rotatable bonds is 4. The normalized spacial score (nSPS) is 11.9. The van der Waals surface area contributed by atoms with E-state index in [1.54, 1.807) is 43.5 Å². The lowest BCUT2D eigenvalue weighted by molar-refractivity contribution is 0.0785. The zero-order chi connectivity index (χ0) is 19.9. The number of hydrogen-bond acceptors (Lipinski definition) is 3. The van der Waals surface area contributed by atoms with Gasteiger partial charge in [0.2, 0.25) is 0 Å². The van der Waals surface area contributed by atoms with E-state index in [0.717, 1.165) is 31.8 Å². The highest BCUT2D eigenvalue weighted by atomic mass is 35.5. The third-order valence-electron chi connectivity index (χ3n) is 4.75. The lowest BCUT2D eigenvalue weighted by Gasteiger charge is -2.18. The minimum atomic E-state index is -0.937. The molecule has 0 unspecified atom stereocenters. The highest BCUT2D eigenvalue weighted by molar-refractivity contribution is 7.19. The highest BCUT2D eigenvalue weighted by Crippen LogP contribution is 2.37. The minimum Gasteiger partial charge on any atom is -0.386 e. The first-order valence-corrected chi connectivity index (χ1v) is 10.2. The molecule has 0 bridgehead atoms. The Bertz CT molecular complexity index is 1140. The summed E-state index contributed by atoms with van der Waals surface area (Å²) in [5.41, 5.74) is 2.19. The molecule has 0 saturated carbocycles. The van der Waals surface area contributed by atoms with Gasteiger partial charge in [-0.25, -0.2) is 4.39 Å². The number of fused-ring (bicyclic) bond motifs is 1. The van der Waals surface area contributed by atoms with Gasteiger partial charge in [0.1, 0.15) is 5.82 Å². The Balaban J connectivity index is 1.78. The van der Waals surface area contributed by atoms with Crippen LogP contribution in [0.3, 0.4) is 0 Å². The lowest BCUT2D eigenvalue weighted by atomic mass is 9.97. The van der Waals surface area contributed by atoms with Gasteiger partial charge in [0.05, 0.1) is 11.3 Å². The monoisotopic (exact) mass is 411 g/mol. The summed E-state index contributed by atoms with van der Waals surface area (Å²) in [6.07, 6.45) is 2.16. The van der Waals surface area contributed by atoms with Crippen molar-refractivity contribution in [3.63, 3.8) is 0 Å². The number of halogens is 2. The summed E-state index contributed by atoms with van der Waals surface area (Å²) in [6, 6.07) is 16.6. The fraction of sp³-hybridized carbons (Fsp3) is 0.174. The van der Waals surface area contributed by atoms with Gasteiger partial charge < -0.3 is 5.11 Å². The quantitative estimate of drug-likeness (QED) is 0.411. The highest BCUT2D eigenvalue weighted by Gasteiger charge is 2.18. The van der Waals surface area contributed by atoms with E-state index in [2.05, 4.69) is 11.1 Å². The standard InChI is InChI=1S/C23H19ClFNOS/c1-23(2,27)15-9-10-26-21(12-15)17-6-3-5-14-11-16(28-22(14)17)13-18-19(24)7-4-8-20(18)25/h3-12,27H,13H2,1-2H3. The molecule has 0 radical (unpaired) electrons. The van der Waals surface area contributed by atoms with Crippen LogP contribution in [0.1, 0.15) is 29.9 Å². The van der Waals surface area contributed by atoms with Crippen molar-refractivity contribution in [2.24, 2.45) is 0 Å². The average Bonchev–Trinajstić information content (AvgIpc) is 3.07. The SMILES string of the molecule is CC(C)(O)c1ccnc(-c2cccc3cc(Cc4c(F)cccc4Cl)sc23)c1. The predicted molar refractivity (Wildman–Crippen MR) is 115 cm³/mol. The van der Waals surface area contributed by atoms with Crippen molar-refractivity contribution in [2.75, 3.05) is 0 Å². The van der Waals surface area contributed by atoms with Crippen LogP contribution in [0.15, 0.2) is 60.8 Å². The number of aliphatic hydroxyl groups is 1. The van der Waals surface area contributed by atoms with E-state index in [9.17, 15) is 9.50 Å². The van der Waals surface area contributed by atoms with E-state index in [-0.39, 0.29) is 5.82 Å². The molecule has 0 amide bonds. The van der Waals surface area contributed by atoms with Crippen molar-refractivity contribution >= 4 is 33.0 Å². The lowest BCUT2D eigenvalue weighted by Crippen LogP contribution is -2.15. The van der Waals surface area contributed by atoms with Crippen molar-refractivity contribution in [2.45, 2.75) is 25.9 Å². The van der Waals surface area contributed by atoms with E-state index in [0.29, 0.717) is 17.0 Å². The largest absolute Gasteiger partial charge is 0.386 e. The van der Waals surface area contributed by atoms with Crippen LogP contribution >= 0.6 is 22.9 Å². The molecule has 4 aromatic rings. The molecule has 4 rings (SSSR count). The zero-order valence-corrected chi connectivity index (χ0v) is 17.1. The summed E-state index contributed by atoms with van der Waals surface area (Å²) < 4.78 is 15.3.